The highest BCUT2D eigenvalue weighted by Gasteiger charge is 2.53. The van der Waals surface area contributed by atoms with Crippen molar-refractivity contribution in [2.45, 2.75) is 77.0 Å². The number of unbranched alkanes of at least 4 members (excludes halogenated alkanes) is 3. The highest BCUT2D eigenvalue weighted by Crippen LogP contribution is 2.46. The Bertz CT molecular complexity index is 668. The summed E-state index contributed by atoms with van der Waals surface area (Å²) in [6, 6.07) is 8.05. The molecule has 2 aliphatic rings. The van der Waals surface area contributed by atoms with Crippen LogP contribution in [0.1, 0.15) is 76.2 Å². The average molecular weight is 436 g/mol. The molecule has 1 amide bonds. The van der Waals surface area contributed by atoms with Gasteiger partial charge in [0.15, 0.2) is 0 Å². The molecule has 1 aromatic carbocycles. The number of ether oxygens (including phenoxy) is 1. The molecule has 0 radical (unpaired) electrons. The lowest BCUT2D eigenvalue weighted by atomic mass is 9.90. The summed E-state index contributed by atoms with van der Waals surface area (Å²) in [4.78, 5) is 12.3. The smallest absolute Gasteiger partial charge is 0.238 e. The summed E-state index contributed by atoms with van der Waals surface area (Å²) >= 11 is 0. The molecular formula is C24H38ClN3O2. The first-order valence-corrected chi connectivity index (χ1v) is 11.4. The van der Waals surface area contributed by atoms with Gasteiger partial charge in [-0.25, -0.2) is 0 Å². The number of anilines is 1. The van der Waals surface area contributed by atoms with Crippen LogP contribution in [0.15, 0.2) is 24.3 Å². The lowest BCUT2D eigenvalue weighted by molar-refractivity contribution is -0.119. The van der Waals surface area contributed by atoms with E-state index in [4.69, 9.17) is 15.9 Å². The summed E-state index contributed by atoms with van der Waals surface area (Å²) in [5.41, 5.74) is 6.89. The van der Waals surface area contributed by atoms with Gasteiger partial charge in [0, 0.05) is 18.9 Å². The van der Waals surface area contributed by atoms with Gasteiger partial charge in [0.1, 0.15) is 11.3 Å². The number of aryl methyl sites for hydroxylation is 1. The van der Waals surface area contributed by atoms with E-state index in [1.807, 2.05) is 12.1 Å². The number of amides is 1. The number of benzene rings is 1. The minimum Gasteiger partial charge on any atom is -0.387 e. The summed E-state index contributed by atoms with van der Waals surface area (Å²) < 4.78 is 5.87. The lowest BCUT2D eigenvalue weighted by Gasteiger charge is -2.21. The molecule has 0 heterocycles. The van der Waals surface area contributed by atoms with Crippen LogP contribution >= 0.6 is 12.4 Å². The van der Waals surface area contributed by atoms with Gasteiger partial charge in [0.2, 0.25) is 5.91 Å². The monoisotopic (exact) mass is 435 g/mol. The minimum atomic E-state index is -0.751. The molecule has 0 atom stereocenters. The Morgan fingerprint density at radius 1 is 1.07 bits per heavy atom. The van der Waals surface area contributed by atoms with Gasteiger partial charge >= 0.3 is 0 Å². The molecule has 2 fully saturated rings. The Morgan fingerprint density at radius 3 is 2.37 bits per heavy atom. The Morgan fingerprint density at radius 2 is 1.73 bits per heavy atom. The number of amidine groups is 1. The quantitative estimate of drug-likeness (QED) is 0.231. The fourth-order valence-electron chi connectivity index (χ4n) is 4.24. The van der Waals surface area contributed by atoms with E-state index in [9.17, 15) is 4.79 Å². The third-order valence-electron chi connectivity index (χ3n) is 6.49. The van der Waals surface area contributed by atoms with E-state index in [0.717, 1.165) is 37.7 Å². The van der Waals surface area contributed by atoms with Crippen molar-refractivity contribution >= 4 is 29.8 Å². The van der Waals surface area contributed by atoms with Gasteiger partial charge in [0.25, 0.3) is 0 Å². The molecule has 0 aromatic heterocycles. The third kappa shape index (κ3) is 7.28. The van der Waals surface area contributed by atoms with Crippen molar-refractivity contribution in [2.75, 3.05) is 18.5 Å². The molecule has 3 rings (SSSR count). The van der Waals surface area contributed by atoms with Crippen molar-refractivity contribution in [3.63, 3.8) is 0 Å². The van der Waals surface area contributed by atoms with Crippen LogP contribution in [0.3, 0.4) is 0 Å². The Kier molecular flexibility index (Phi) is 10.1. The molecule has 4 N–H and O–H groups in total. The van der Waals surface area contributed by atoms with Gasteiger partial charge in [0.05, 0.1) is 0 Å². The zero-order chi connectivity index (χ0) is 20.5. The highest BCUT2D eigenvalue weighted by molar-refractivity contribution is 6.13. The normalized spacial score (nSPS) is 17.7. The number of halogens is 1. The van der Waals surface area contributed by atoms with E-state index in [2.05, 4.69) is 17.4 Å². The standard InChI is InChI=1S/C24H37N3O2.ClH/c25-22(26)24(15-16-24)23(28)27-21-13-11-19(12-14-21)8-4-1-2-7-17-29-18-20-9-5-3-6-10-20;/h11-14,20H,1-10,15-18H2,(H3,25,26)(H,27,28);1H. The van der Waals surface area contributed by atoms with Gasteiger partial charge in [-0.1, -0.05) is 44.2 Å². The largest absolute Gasteiger partial charge is 0.387 e. The summed E-state index contributed by atoms with van der Waals surface area (Å²) in [6.45, 7) is 1.88. The molecule has 0 bridgehead atoms. The van der Waals surface area contributed by atoms with Crippen molar-refractivity contribution in [1.29, 1.82) is 5.41 Å². The molecule has 2 saturated carbocycles. The molecule has 5 nitrogen and oxygen atoms in total. The first-order chi connectivity index (χ1) is 14.1. The second-order valence-electron chi connectivity index (χ2n) is 8.89. The summed E-state index contributed by atoms with van der Waals surface area (Å²) in [5, 5.41) is 10.5. The molecule has 2 aliphatic carbocycles. The summed E-state index contributed by atoms with van der Waals surface area (Å²) in [5.74, 6) is 0.642. The van der Waals surface area contributed by atoms with E-state index >= 15 is 0 Å². The first-order valence-electron chi connectivity index (χ1n) is 11.4. The van der Waals surface area contributed by atoms with Crippen LogP contribution in [-0.2, 0) is 16.0 Å². The van der Waals surface area contributed by atoms with E-state index in [1.165, 1.54) is 56.9 Å². The third-order valence-corrected chi connectivity index (χ3v) is 6.49. The van der Waals surface area contributed by atoms with E-state index in [0.29, 0.717) is 12.8 Å². The van der Waals surface area contributed by atoms with Crippen molar-refractivity contribution < 1.29 is 9.53 Å². The SMILES string of the molecule is Cl.N=C(N)C1(C(=O)Nc2ccc(CCCCCCOCC3CCCCC3)cc2)CC1. The van der Waals surface area contributed by atoms with Crippen molar-refractivity contribution in [3.8, 4) is 0 Å². The van der Waals surface area contributed by atoms with Gasteiger partial charge in [-0.15, -0.1) is 12.4 Å². The topological polar surface area (TPSA) is 88.2 Å². The van der Waals surface area contributed by atoms with Crippen LogP contribution in [0.5, 0.6) is 0 Å². The Hall–Kier alpha value is -1.59. The van der Waals surface area contributed by atoms with Gasteiger partial charge in [-0.2, -0.15) is 0 Å². The predicted octanol–water partition coefficient (Wildman–Crippen LogP) is 5.46. The molecule has 0 saturated heterocycles. The van der Waals surface area contributed by atoms with Crippen LogP contribution in [-0.4, -0.2) is 25.0 Å². The number of rotatable bonds is 12. The molecule has 30 heavy (non-hydrogen) atoms. The molecule has 0 unspecified atom stereocenters. The van der Waals surface area contributed by atoms with Crippen molar-refractivity contribution in [2.24, 2.45) is 17.1 Å². The van der Waals surface area contributed by atoms with Gasteiger partial charge < -0.3 is 15.8 Å². The minimum absolute atomic E-state index is 0. The van der Waals surface area contributed by atoms with Crippen LogP contribution < -0.4 is 11.1 Å². The fraction of sp³-hybridized carbons (Fsp3) is 0.667. The van der Waals surface area contributed by atoms with E-state index in [-0.39, 0.29) is 24.1 Å². The van der Waals surface area contributed by atoms with Crippen LogP contribution in [0, 0.1) is 16.7 Å². The number of nitrogens with two attached hydrogens (primary N) is 1. The van der Waals surface area contributed by atoms with Crippen molar-refractivity contribution in [1.82, 2.24) is 0 Å². The summed E-state index contributed by atoms with van der Waals surface area (Å²) in [6.07, 6.45) is 14.1. The zero-order valence-corrected chi connectivity index (χ0v) is 18.9. The van der Waals surface area contributed by atoms with Crippen molar-refractivity contribution in [3.05, 3.63) is 29.8 Å². The van der Waals surface area contributed by atoms with E-state index in [1.54, 1.807) is 0 Å². The molecule has 6 heteroatoms. The maximum absolute atomic E-state index is 12.3. The second kappa shape index (κ2) is 12.3. The number of carbonyl (C=O) groups excluding carboxylic acids is 1. The maximum atomic E-state index is 12.3. The highest BCUT2D eigenvalue weighted by atomic mass is 35.5. The van der Waals surface area contributed by atoms with Gasteiger partial charge in [-0.05, 0) is 68.6 Å². The molecular weight excluding hydrogens is 398 g/mol. The van der Waals surface area contributed by atoms with Crippen LogP contribution in [0.2, 0.25) is 0 Å². The van der Waals surface area contributed by atoms with Crippen LogP contribution in [0.25, 0.3) is 0 Å². The Balaban J connectivity index is 0.00000320. The molecule has 168 valence electrons. The summed E-state index contributed by atoms with van der Waals surface area (Å²) in [7, 11) is 0. The predicted molar refractivity (Wildman–Crippen MR) is 125 cm³/mol. The average Bonchev–Trinajstić information content (AvgIpc) is 3.54. The molecule has 0 aliphatic heterocycles. The molecule has 0 spiro atoms. The Labute approximate surface area is 187 Å². The first kappa shape index (κ1) is 24.7. The van der Waals surface area contributed by atoms with Crippen LogP contribution in [0.4, 0.5) is 5.69 Å². The fourth-order valence-corrected chi connectivity index (χ4v) is 4.24. The number of nitrogens with one attached hydrogen (secondary N) is 2. The number of hydrogen-bond acceptors (Lipinski definition) is 3. The van der Waals surface area contributed by atoms with E-state index < -0.39 is 5.41 Å². The molecule has 1 aromatic rings. The number of hydrogen-bond donors (Lipinski definition) is 3. The lowest BCUT2D eigenvalue weighted by Crippen LogP contribution is -2.35. The number of carbonyl (C=O) groups is 1. The van der Waals surface area contributed by atoms with Gasteiger partial charge in [-0.3, -0.25) is 10.2 Å². The zero-order valence-electron chi connectivity index (χ0n) is 18.1. The maximum Gasteiger partial charge on any atom is 0.238 e. The second-order valence-corrected chi connectivity index (χ2v) is 8.89.